The van der Waals surface area contributed by atoms with Crippen LogP contribution in [-0.2, 0) is 0 Å². The van der Waals surface area contributed by atoms with Gasteiger partial charge in [-0.3, -0.25) is 0 Å². The van der Waals surface area contributed by atoms with Gasteiger partial charge in [-0.1, -0.05) is 151 Å². The molecule has 2 heteroatoms. The van der Waals surface area contributed by atoms with Crippen molar-refractivity contribution in [2.75, 3.05) is 12.3 Å². The average molecular weight is 511 g/mol. The molecule has 2 heterocycles. The summed E-state index contributed by atoms with van der Waals surface area (Å²) in [6.45, 7) is 4.00. The highest BCUT2D eigenvalue weighted by atomic mass is 31.1. The van der Waals surface area contributed by atoms with Gasteiger partial charge in [0.25, 0.3) is 0 Å². The Morgan fingerprint density at radius 3 is 1.08 bits per heavy atom. The Balaban J connectivity index is 0.000000158. The van der Waals surface area contributed by atoms with Gasteiger partial charge >= 0.3 is 0 Å². The van der Waals surface area contributed by atoms with E-state index in [1.54, 1.807) is 21.7 Å². The van der Waals surface area contributed by atoms with E-state index in [0.717, 1.165) is 11.3 Å². The molecule has 36 heavy (non-hydrogen) atoms. The molecule has 2 fully saturated rings. The van der Waals surface area contributed by atoms with E-state index in [4.69, 9.17) is 0 Å². The van der Waals surface area contributed by atoms with Gasteiger partial charge in [-0.25, -0.2) is 0 Å². The van der Waals surface area contributed by atoms with E-state index >= 15 is 0 Å². The topological polar surface area (TPSA) is 0 Å². The van der Waals surface area contributed by atoms with Crippen LogP contribution in [0.5, 0.6) is 0 Å². The maximum absolute atomic E-state index is 2.31. The number of benzene rings is 4. The fraction of sp³-hybridized carbons (Fsp3) is 0.294. The Bertz CT molecular complexity index is 929. The smallest absolute Gasteiger partial charge is 0.00820 e. The molecule has 4 aromatic rings. The van der Waals surface area contributed by atoms with E-state index in [1.807, 2.05) is 13.8 Å². The molecule has 4 aromatic carbocycles. The van der Waals surface area contributed by atoms with Crippen molar-refractivity contribution in [1.29, 1.82) is 0 Å². The first-order valence-corrected chi connectivity index (χ1v) is 16.8. The maximum atomic E-state index is 2.31. The molecule has 2 aliphatic heterocycles. The normalized spacial score (nSPS) is 22.6. The molecule has 0 amide bonds. The van der Waals surface area contributed by atoms with Gasteiger partial charge in [0.15, 0.2) is 0 Å². The molecule has 0 radical (unpaired) electrons. The summed E-state index contributed by atoms with van der Waals surface area (Å²) in [6.07, 6.45) is 8.31. The lowest BCUT2D eigenvalue weighted by Gasteiger charge is -2.21. The molecule has 186 valence electrons. The highest BCUT2D eigenvalue weighted by Gasteiger charge is 2.29. The van der Waals surface area contributed by atoms with Crippen molar-refractivity contribution in [3.63, 3.8) is 0 Å². The van der Waals surface area contributed by atoms with Gasteiger partial charge in [0.05, 0.1) is 0 Å². The molecule has 0 bridgehead atoms. The van der Waals surface area contributed by atoms with Crippen molar-refractivity contribution in [2.45, 2.75) is 50.8 Å². The summed E-state index contributed by atoms with van der Waals surface area (Å²) in [5, 5.41) is 3.16. The van der Waals surface area contributed by atoms with Crippen LogP contribution in [0.1, 0.15) is 62.0 Å². The van der Waals surface area contributed by atoms with Crippen molar-refractivity contribution in [3.05, 3.63) is 132 Å². The highest BCUT2D eigenvalue weighted by molar-refractivity contribution is 7.66. The average Bonchev–Trinajstić information content (AvgIpc) is 3.67. The maximum Gasteiger partial charge on any atom is 0.00820 e. The van der Waals surface area contributed by atoms with E-state index in [1.165, 1.54) is 38.0 Å². The molecule has 2 aliphatic rings. The first-order valence-electron chi connectivity index (χ1n) is 13.6. The third-order valence-corrected chi connectivity index (χ3v) is 13.2. The van der Waals surface area contributed by atoms with Gasteiger partial charge in [-0.2, -0.15) is 0 Å². The standard InChI is InChI=1S/2C16H17P.C2H6/c2*1-3-8-14(9-4-1)16-12-7-13-17(16)15-10-5-2-6-11-15;1-2/h2*1-6,8-11,16H,7,12-13H2;1-2H3. The summed E-state index contributed by atoms with van der Waals surface area (Å²) in [7, 11) is 0.0401. The van der Waals surface area contributed by atoms with E-state index in [9.17, 15) is 0 Å². The second-order valence-electron chi connectivity index (χ2n) is 9.20. The van der Waals surface area contributed by atoms with Crippen LogP contribution >= 0.6 is 15.8 Å². The van der Waals surface area contributed by atoms with Crippen LogP contribution in [0.15, 0.2) is 121 Å². The summed E-state index contributed by atoms with van der Waals surface area (Å²) in [5.41, 5.74) is 4.65. The molecule has 4 atom stereocenters. The quantitative estimate of drug-likeness (QED) is 0.240. The Morgan fingerprint density at radius 1 is 0.444 bits per heavy atom. The summed E-state index contributed by atoms with van der Waals surface area (Å²) in [4.78, 5) is 0. The zero-order valence-corrected chi connectivity index (χ0v) is 23.6. The van der Waals surface area contributed by atoms with Crippen LogP contribution in [0.25, 0.3) is 0 Å². The van der Waals surface area contributed by atoms with Gasteiger partial charge in [-0.15, -0.1) is 0 Å². The third kappa shape index (κ3) is 6.94. The first-order chi connectivity index (χ1) is 17.9. The van der Waals surface area contributed by atoms with Gasteiger partial charge in [-0.05, 0) is 59.7 Å². The van der Waals surface area contributed by atoms with Crippen LogP contribution in [-0.4, -0.2) is 12.3 Å². The molecular formula is C34H40P2. The van der Waals surface area contributed by atoms with Gasteiger partial charge in [0.1, 0.15) is 0 Å². The minimum absolute atomic E-state index is 0.0201. The second kappa shape index (κ2) is 14.5. The van der Waals surface area contributed by atoms with E-state index in [0.29, 0.717) is 0 Å². The number of hydrogen-bond acceptors (Lipinski definition) is 0. The number of hydrogen-bond donors (Lipinski definition) is 0. The fourth-order valence-corrected chi connectivity index (χ4v) is 11.5. The van der Waals surface area contributed by atoms with Crippen molar-refractivity contribution in [2.24, 2.45) is 0 Å². The van der Waals surface area contributed by atoms with Crippen LogP contribution in [0.3, 0.4) is 0 Å². The first kappa shape index (κ1) is 26.8. The van der Waals surface area contributed by atoms with Crippen molar-refractivity contribution in [3.8, 4) is 0 Å². The molecule has 0 N–H and O–H groups in total. The molecule has 6 rings (SSSR count). The predicted molar refractivity (Wildman–Crippen MR) is 164 cm³/mol. The molecule has 4 unspecified atom stereocenters. The Kier molecular flexibility index (Phi) is 10.8. The molecule has 0 aromatic heterocycles. The third-order valence-electron chi connectivity index (χ3n) is 7.05. The predicted octanol–water partition coefficient (Wildman–Crippen LogP) is 9.68. The lowest BCUT2D eigenvalue weighted by atomic mass is 10.1. The Morgan fingerprint density at radius 2 is 0.750 bits per heavy atom. The summed E-state index contributed by atoms with van der Waals surface area (Å²) in [5.74, 6) is 0. The lowest BCUT2D eigenvalue weighted by Crippen LogP contribution is -2.04. The minimum atomic E-state index is 0.0201. The van der Waals surface area contributed by atoms with Crippen LogP contribution in [0.4, 0.5) is 0 Å². The Labute approximate surface area is 221 Å². The van der Waals surface area contributed by atoms with Crippen molar-refractivity contribution in [1.82, 2.24) is 0 Å². The molecular weight excluding hydrogens is 470 g/mol. The second-order valence-corrected chi connectivity index (χ2v) is 14.2. The fourth-order valence-electron chi connectivity index (χ4n) is 5.43. The summed E-state index contributed by atoms with van der Waals surface area (Å²) < 4.78 is 0. The van der Waals surface area contributed by atoms with Gasteiger partial charge in [0.2, 0.25) is 0 Å². The van der Waals surface area contributed by atoms with E-state index < -0.39 is 0 Å². The van der Waals surface area contributed by atoms with Crippen LogP contribution in [0, 0.1) is 0 Å². The molecule has 0 spiro atoms. The molecule has 0 aliphatic carbocycles. The highest BCUT2D eigenvalue weighted by Crippen LogP contribution is 2.59. The largest absolute Gasteiger partial charge is 0.0683 e. The van der Waals surface area contributed by atoms with Gasteiger partial charge in [0, 0.05) is 11.3 Å². The van der Waals surface area contributed by atoms with Crippen molar-refractivity contribution < 1.29 is 0 Å². The minimum Gasteiger partial charge on any atom is -0.0683 e. The van der Waals surface area contributed by atoms with Crippen LogP contribution < -0.4 is 10.6 Å². The summed E-state index contributed by atoms with van der Waals surface area (Å²) >= 11 is 0. The van der Waals surface area contributed by atoms with E-state index in [2.05, 4.69) is 121 Å². The molecule has 2 saturated heterocycles. The molecule has 0 saturated carbocycles. The summed E-state index contributed by atoms with van der Waals surface area (Å²) in [6, 6.07) is 44.3. The lowest BCUT2D eigenvalue weighted by molar-refractivity contribution is 0.827. The monoisotopic (exact) mass is 510 g/mol. The zero-order chi connectivity index (χ0) is 25.0. The van der Waals surface area contributed by atoms with Gasteiger partial charge < -0.3 is 0 Å². The zero-order valence-electron chi connectivity index (χ0n) is 21.8. The van der Waals surface area contributed by atoms with Crippen molar-refractivity contribution >= 4 is 26.5 Å². The molecule has 0 nitrogen and oxygen atoms in total. The van der Waals surface area contributed by atoms with E-state index in [-0.39, 0.29) is 15.8 Å². The SMILES string of the molecule is CC.c1ccc(C2CCCP2c2ccccc2)cc1.c1ccc(C2CCCP2c2ccccc2)cc1. The number of rotatable bonds is 4. The van der Waals surface area contributed by atoms with Crippen LogP contribution in [0.2, 0.25) is 0 Å². The Hall–Kier alpha value is -2.26.